The molecule has 110 valence electrons. The number of halogens is 2. The molecule has 0 aliphatic rings. The minimum atomic E-state index is -1.28. The second-order valence-corrected chi connectivity index (χ2v) is 4.00. The Morgan fingerprint density at radius 3 is 2.62 bits per heavy atom. The van der Waals surface area contributed by atoms with E-state index >= 15 is 0 Å². The molecule has 1 heterocycles. The lowest BCUT2D eigenvalue weighted by Gasteiger charge is -2.06. The average Bonchev–Trinajstić information content (AvgIpc) is 2.86. The van der Waals surface area contributed by atoms with Crippen molar-refractivity contribution in [1.82, 2.24) is 0 Å². The van der Waals surface area contributed by atoms with Gasteiger partial charge in [0.15, 0.2) is 0 Å². The van der Waals surface area contributed by atoms with Gasteiger partial charge in [0.25, 0.3) is 0 Å². The molecule has 2 N–H and O–H groups in total. The van der Waals surface area contributed by atoms with E-state index < -0.39 is 28.2 Å². The molecule has 0 saturated carbocycles. The standard InChI is InChI=1S/C12H8F2N2O5/c13-8-2-9(14)11(16(19)20)3-10(8)15-4-7-1-6(5-21-7)12(17)18/h1-3,5,15H,4H2,(H,17,18). The Hall–Kier alpha value is -2.97. The maximum atomic E-state index is 13.5. The van der Waals surface area contributed by atoms with Gasteiger partial charge in [-0.2, -0.15) is 4.39 Å². The molecule has 7 nitrogen and oxygen atoms in total. The number of nitrogens with one attached hydrogen (secondary N) is 1. The fourth-order valence-electron chi connectivity index (χ4n) is 1.58. The molecule has 21 heavy (non-hydrogen) atoms. The Kier molecular flexibility index (Phi) is 3.83. The lowest BCUT2D eigenvalue weighted by molar-refractivity contribution is -0.387. The highest BCUT2D eigenvalue weighted by Crippen LogP contribution is 2.25. The SMILES string of the molecule is O=C(O)c1coc(CNc2cc([N+](=O)[O-])c(F)cc2F)c1. The molecule has 0 amide bonds. The lowest BCUT2D eigenvalue weighted by Crippen LogP contribution is -2.03. The van der Waals surface area contributed by atoms with Gasteiger partial charge in [-0.05, 0) is 6.07 Å². The van der Waals surface area contributed by atoms with Crippen molar-refractivity contribution in [3.05, 3.63) is 57.5 Å². The van der Waals surface area contributed by atoms with E-state index in [1.54, 1.807) is 0 Å². The zero-order valence-electron chi connectivity index (χ0n) is 10.3. The third-order valence-corrected chi connectivity index (χ3v) is 2.59. The number of carboxylic acids is 1. The lowest BCUT2D eigenvalue weighted by atomic mass is 10.2. The van der Waals surface area contributed by atoms with Crippen LogP contribution in [0.2, 0.25) is 0 Å². The van der Waals surface area contributed by atoms with E-state index in [1.807, 2.05) is 0 Å². The summed E-state index contributed by atoms with van der Waals surface area (Å²) in [6.07, 6.45) is 1.00. The molecule has 0 fully saturated rings. The Morgan fingerprint density at radius 1 is 1.33 bits per heavy atom. The summed E-state index contributed by atoms with van der Waals surface area (Å²) in [4.78, 5) is 20.2. The van der Waals surface area contributed by atoms with Gasteiger partial charge in [-0.3, -0.25) is 10.1 Å². The summed E-state index contributed by atoms with van der Waals surface area (Å²) in [5, 5.41) is 21.7. The number of furan rings is 1. The number of carbonyl (C=O) groups is 1. The van der Waals surface area contributed by atoms with Crippen LogP contribution in [-0.2, 0) is 6.54 Å². The number of anilines is 1. The van der Waals surface area contributed by atoms with Gasteiger partial charge in [0.2, 0.25) is 5.82 Å². The van der Waals surface area contributed by atoms with Crippen LogP contribution in [0.5, 0.6) is 0 Å². The monoisotopic (exact) mass is 298 g/mol. The number of hydrogen-bond donors (Lipinski definition) is 2. The van der Waals surface area contributed by atoms with Crippen LogP contribution in [0, 0.1) is 21.7 Å². The zero-order chi connectivity index (χ0) is 15.6. The highest BCUT2D eigenvalue weighted by atomic mass is 19.1. The van der Waals surface area contributed by atoms with Gasteiger partial charge >= 0.3 is 11.7 Å². The molecule has 0 spiro atoms. The number of nitro benzene ring substituents is 1. The Bertz CT molecular complexity index is 714. The van der Waals surface area contributed by atoms with Crippen LogP contribution < -0.4 is 5.32 Å². The number of nitro groups is 1. The van der Waals surface area contributed by atoms with Gasteiger partial charge < -0.3 is 14.8 Å². The molecular weight excluding hydrogens is 290 g/mol. The van der Waals surface area contributed by atoms with Crippen molar-refractivity contribution in [2.24, 2.45) is 0 Å². The van der Waals surface area contributed by atoms with Crippen molar-refractivity contribution in [2.75, 3.05) is 5.32 Å². The van der Waals surface area contributed by atoms with E-state index in [-0.39, 0.29) is 23.6 Å². The van der Waals surface area contributed by atoms with Crippen LogP contribution in [0.3, 0.4) is 0 Å². The van der Waals surface area contributed by atoms with Crippen LogP contribution >= 0.6 is 0 Å². The smallest absolute Gasteiger partial charge is 0.338 e. The van der Waals surface area contributed by atoms with E-state index in [2.05, 4.69) is 5.32 Å². The zero-order valence-corrected chi connectivity index (χ0v) is 10.3. The van der Waals surface area contributed by atoms with Crippen molar-refractivity contribution in [3.8, 4) is 0 Å². The summed E-state index contributed by atoms with van der Waals surface area (Å²) in [6.45, 7) is -0.118. The summed E-state index contributed by atoms with van der Waals surface area (Å²) in [5.74, 6) is -3.30. The van der Waals surface area contributed by atoms with Crippen molar-refractivity contribution in [1.29, 1.82) is 0 Å². The third-order valence-electron chi connectivity index (χ3n) is 2.59. The Morgan fingerprint density at radius 2 is 2.05 bits per heavy atom. The maximum Gasteiger partial charge on any atom is 0.338 e. The highest BCUT2D eigenvalue weighted by Gasteiger charge is 2.18. The van der Waals surface area contributed by atoms with E-state index in [0.717, 1.165) is 6.26 Å². The van der Waals surface area contributed by atoms with Crippen molar-refractivity contribution in [2.45, 2.75) is 6.54 Å². The normalized spacial score (nSPS) is 10.4. The summed E-state index contributed by atoms with van der Waals surface area (Å²) < 4.78 is 31.5. The minimum Gasteiger partial charge on any atom is -0.478 e. The molecule has 0 atom stereocenters. The topological polar surface area (TPSA) is 106 Å². The second-order valence-electron chi connectivity index (χ2n) is 4.00. The molecular formula is C12H8F2N2O5. The molecule has 0 bridgehead atoms. The number of carboxylic acid groups (broad SMARTS) is 1. The average molecular weight is 298 g/mol. The molecule has 0 unspecified atom stereocenters. The van der Waals surface area contributed by atoms with Crippen LogP contribution in [0.1, 0.15) is 16.1 Å². The van der Waals surface area contributed by atoms with E-state index in [0.29, 0.717) is 12.1 Å². The van der Waals surface area contributed by atoms with Crippen molar-refractivity contribution < 1.29 is 28.0 Å². The predicted molar refractivity (Wildman–Crippen MR) is 66.0 cm³/mol. The van der Waals surface area contributed by atoms with E-state index in [4.69, 9.17) is 9.52 Å². The largest absolute Gasteiger partial charge is 0.478 e. The van der Waals surface area contributed by atoms with Crippen LogP contribution in [-0.4, -0.2) is 16.0 Å². The molecule has 0 aliphatic carbocycles. The Labute approximate surface area is 116 Å². The Balaban J connectivity index is 2.17. The molecule has 2 aromatic rings. The van der Waals surface area contributed by atoms with E-state index in [1.165, 1.54) is 6.07 Å². The fourth-order valence-corrected chi connectivity index (χ4v) is 1.58. The van der Waals surface area contributed by atoms with Gasteiger partial charge in [-0.1, -0.05) is 0 Å². The second kappa shape index (κ2) is 5.57. The highest BCUT2D eigenvalue weighted by molar-refractivity contribution is 5.87. The molecule has 0 aliphatic heterocycles. The number of benzene rings is 1. The van der Waals surface area contributed by atoms with Crippen LogP contribution in [0.15, 0.2) is 28.9 Å². The maximum absolute atomic E-state index is 13.5. The molecule has 9 heteroatoms. The first kappa shape index (κ1) is 14.4. The van der Waals surface area contributed by atoms with Gasteiger partial charge in [0.1, 0.15) is 17.8 Å². The molecule has 1 aromatic carbocycles. The summed E-state index contributed by atoms with van der Waals surface area (Å²) >= 11 is 0. The first-order valence-electron chi connectivity index (χ1n) is 5.56. The summed E-state index contributed by atoms with van der Waals surface area (Å²) in [6, 6.07) is 2.32. The summed E-state index contributed by atoms with van der Waals surface area (Å²) in [5.41, 5.74) is -1.25. The fraction of sp³-hybridized carbons (Fsp3) is 0.0833. The van der Waals surface area contributed by atoms with Crippen LogP contribution in [0.4, 0.5) is 20.2 Å². The molecule has 0 radical (unpaired) electrons. The predicted octanol–water partition coefficient (Wildman–Crippen LogP) is 2.78. The number of nitrogens with zero attached hydrogens (tertiary/aromatic N) is 1. The first-order valence-corrected chi connectivity index (χ1v) is 5.56. The quantitative estimate of drug-likeness (QED) is 0.649. The van der Waals surface area contributed by atoms with Crippen molar-refractivity contribution in [3.63, 3.8) is 0 Å². The minimum absolute atomic E-state index is 0.0858. The van der Waals surface area contributed by atoms with Gasteiger partial charge in [-0.15, -0.1) is 0 Å². The summed E-state index contributed by atoms with van der Waals surface area (Å²) in [7, 11) is 0. The van der Waals surface area contributed by atoms with Gasteiger partial charge in [0, 0.05) is 12.1 Å². The number of hydrogen-bond acceptors (Lipinski definition) is 5. The molecule has 0 saturated heterocycles. The molecule has 2 rings (SSSR count). The first-order chi connectivity index (χ1) is 9.88. The number of aromatic carboxylic acids is 1. The van der Waals surface area contributed by atoms with Crippen LogP contribution in [0.25, 0.3) is 0 Å². The van der Waals surface area contributed by atoms with E-state index in [9.17, 15) is 23.7 Å². The van der Waals surface area contributed by atoms with Crippen molar-refractivity contribution >= 4 is 17.3 Å². The third kappa shape index (κ3) is 3.14. The molecule has 1 aromatic heterocycles. The van der Waals surface area contributed by atoms with Gasteiger partial charge in [0.05, 0.1) is 22.7 Å². The number of rotatable bonds is 5. The van der Waals surface area contributed by atoms with Gasteiger partial charge in [-0.25, -0.2) is 9.18 Å².